The average Bonchev–Trinajstić information content (AvgIpc) is 2.62. The average molecular weight is 364 g/mol. The van der Waals surface area contributed by atoms with Crippen LogP contribution in [0.2, 0.25) is 5.02 Å². The molecule has 1 amide bonds. The smallest absolute Gasteiger partial charge is 0.260 e. The van der Waals surface area contributed by atoms with Crippen LogP contribution in [0.25, 0.3) is 0 Å². The van der Waals surface area contributed by atoms with Crippen molar-refractivity contribution in [2.45, 2.75) is 20.0 Å². The van der Waals surface area contributed by atoms with Gasteiger partial charge in [0.05, 0.1) is 13.7 Å². The van der Waals surface area contributed by atoms with Crippen LogP contribution in [0.15, 0.2) is 42.5 Å². The molecule has 0 saturated carbocycles. The van der Waals surface area contributed by atoms with Gasteiger partial charge in [-0.15, -0.1) is 0 Å². The molecule has 1 N–H and O–H groups in total. The third kappa shape index (κ3) is 5.87. The van der Waals surface area contributed by atoms with E-state index in [1.807, 2.05) is 31.2 Å². The minimum atomic E-state index is -0.610. The summed E-state index contributed by atoms with van der Waals surface area (Å²) in [6.45, 7) is 4.34. The van der Waals surface area contributed by atoms with Crippen LogP contribution in [-0.4, -0.2) is 32.3 Å². The number of hydrogen-bond donors (Lipinski definition) is 1. The molecule has 0 bridgehead atoms. The highest BCUT2D eigenvalue weighted by molar-refractivity contribution is 6.31. The molecule has 134 valence electrons. The first kappa shape index (κ1) is 18.9. The minimum Gasteiger partial charge on any atom is -0.497 e. The summed E-state index contributed by atoms with van der Waals surface area (Å²) in [7, 11) is 1.61. The predicted octanol–water partition coefficient (Wildman–Crippen LogP) is 3.62. The lowest BCUT2D eigenvalue weighted by atomic mass is 10.2. The van der Waals surface area contributed by atoms with E-state index in [1.54, 1.807) is 32.2 Å². The molecule has 0 unspecified atom stereocenters. The van der Waals surface area contributed by atoms with Gasteiger partial charge in [0.2, 0.25) is 0 Å². The monoisotopic (exact) mass is 363 g/mol. The Morgan fingerprint density at radius 3 is 2.40 bits per heavy atom. The molecule has 0 saturated heterocycles. The Hall–Kier alpha value is -2.40. The van der Waals surface area contributed by atoms with Gasteiger partial charge in [-0.3, -0.25) is 4.79 Å². The van der Waals surface area contributed by atoms with E-state index in [-0.39, 0.29) is 5.91 Å². The van der Waals surface area contributed by atoms with Crippen molar-refractivity contribution in [1.82, 2.24) is 5.32 Å². The molecule has 0 fully saturated rings. The summed E-state index contributed by atoms with van der Waals surface area (Å²) in [6.07, 6.45) is -0.610. The standard InChI is InChI=1S/C19H22ClNO4/c1-13-12-17(8-9-18(13)20)25-14(2)19(22)21-10-11-24-16-6-4-15(23-3)5-7-16/h4-9,12,14H,10-11H2,1-3H3,(H,21,22)/t14-/m1/s1. The number of carbonyl (C=O) groups is 1. The number of ether oxygens (including phenoxy) is 3. The topological polar surface area (TPSA) is 56.8 Å². The molecule has 1 atom stereocenters. The number of nitrogens with one attached hydrogen (secondary N) is 1. The van der Waals surface area contributed by atoms with Crippen LogP contribution in [0, 0.1) is 6.92 Å². The summed E-state index contributed by atoms with van der Waals surface area (Å²) < 4.78 is 16.3. The van der Waals surface area contributed by atoms with E-state index >= 15 is 0 Å². The van der Waals surface area contributed by atoms with Crippen molar-refractivity contribution in [2.24, 2.45) is 0 Å². The van der Waals surface area contributed by atoms with Crippen molar-refractivity contribution in [3.05, 3.63) is 53.1 Å². The zero-order valence-corrected chi connectivity index (χ0v) is 15.3. The first-order chi connectivity index (χ1) is 12.0. The van der Waals surface area contributed by atoms with Crippen molar-refractivity contribution in [3.63, 3.8) is 0 Å². The molecule has 5 nitrogen and oxygen atoms in total. The lowest BCUT2D eigenvalue weighted by Gasteiger charge is -2.15. The van der Waals surface area contributed by atoms with Gasteiger partial charge in [0, 0.05) is 5.02 Å². The Labute approximate surface area is 152 Å². The number of hydrogen-bond acceptors (Lipinski definition) is 4. The van der Waals surface area contributed by atoms with E-state index < -0.39 is 6.10 Å². The Balaban J connectivity index is 1.72. The molecular formula is C19H22ClNO4. The van der Waals surface area contributed by atoms with Crippen molar-refractivity contribution < 1.29 is 19.0 Å². The van der Waals surface area contributed by atoms with E-state index in [4.69, 9.17) is 25.8 Å². The van der Waals surface area contributed by atoms with E-state index in [2.05, 4.69) is 5.32 Å². The van der Waals surface area contributed by atoms with Crippen molar-refractivity contribution in [1.29, 1.82) is 0 Å². The molecule has 0 spiro atoms. The zero-order valence-electron chi connectivity index (χ0n) is 14.5. The van der Waals surface area contributed by atoms with Gasteiger partial charge in [-0.2, -0.15) is 0 Å². The molecule has 0 aliphatic rings. The SMILES string of the molecule is COc1ccc(OCCNC(=O)[C@@H](C)Oc2ccc(Cl)c(C)c2)cc1. The fourth-order valence-electron chi connectivity index (χ4n) is 2.11. The predicted molar refractivity (Wildman–Crippen MR) is 97.8 cm³/mol. The summed E-state index contributed by atoms with van der Waals surface area (Å²) in [4.78, 5) is 12.1. The molecule has 25 heavy (non-hydrogen) atoms. The Bertz CT molecular complexity index is 703. The van der Waals surface area contributed by atoms with Gasteiger partial charge in [-0.05, 0) is 61.9 Å². The number of carbonyl (C=O) groups excluding carboxylic acids is 1. The molecule has 0 heterocycles. The van der Waals surface area contributed by atoms with Crippen LogP contribution < -0.4 is 19.5 Å². The molecule has 6 heteroatoms. The van der Waals surface area contributed by atoms with Crippen LogP contribution in [0.5, 0.6) is 17.2 Å². The van der Waals surface area contributed by atoms with Crippen molar-refractivity contribution in [3.8, 4) is 17.2 Å². The highest BCUT2D eigenvalue weighted by Gasteiger charge is 2.14. The molecule has 0 radical (unpaired) electrons. The summed E-state index contributed by atoms with van der Waals surface area (Å²) in [5.41, 5.74) is 0.902. The third-order valence-electron chi connectivity index (χ3n) is 3.54. The molecule has 2 aromatic carbocycles. The third-order valence-corrected chi connectivity index (χ3v) is 3.97. The maximum Gasteiger partial charge on any atom is 0.260 e. The van der Waals surface area contributed by atoms with Gasteiger partial charge in [0.25, 0.3) is 5.91 Å². The molecule has 2 aromatic rings. The van der Waals surface area contributed by atoms with Gasteiger partial charge in [0.15, 0.2) is 6.10 Å². The van der Waals surface area contributed by atoms with Crippen LogP contribution >= 0.6 is 11.6 Å². The van der Waals surface area contributed by atoms with Gasteiger partial charge < -0.3 is 19.5 Å². The van der Waals surface area contributed by atoms with E-state index in [0.717, 1.165) is 17.1 Å². The van der Waals surface area contributed by atoms with E-state index in [0.29, 0.717) is 23.9 Å². The normalized spacial score (nSPS) is 11.5. The lowest BCUT2D eigenvalue weighted by Crippen LogP contribution is -2.38. The summed E-state index contributed by atoms with van der Waals surface area (Å²) >= 11 is 5.98. The fourth-order valence-corrected chi connectivity index (χ4v) is 2.22. The maximum absolute atomic E-state index is 12.1. The lowest BCUT2D eigenvalue weighted by molar-refractivity contribution is -0.127. The highest BCUT2D eigenvalue weighted by atomic mass is 35.5. The Morgan fingerprint density at radius 1 is 1.12 bits per heavy atom. The number of aryl methyl sites for hydroxylation is 1. The highest BCUT2D eigenvalue weighted by Crippen LogP contribution is 2.22. The first-order valence-electron chi connectivity index (χ1n) is 7.97. The second-order valence-corrected chi connectivity index (χ2v) is 5.89. The summed E-state index contributed by atoms with van der Waals surface area (Å²) in [5.74, 6) is 1.89. The molecule has 0 aromatic heterocycles. The molecule has 0 aliphatic carbocycles. The Kier molecular flexibility index (Phi) is 6.95. The van der Waals surface area contributed by atoms with Crippen LogP contribution in [-0.2, 0) is 4.79 Å². The fraction of sp³-hybridized carbons (Fsp3) is 0.316. The maximum atomic E-state index is 12.1. The number of rotatable bonds is 8. The van der Waals surface area contributed by atoms with Gasteiger partial charge in [-0.25, -0.2) is 0 Å². The second kappa shape index (κ2) is 9.18. The number of methoxy groups -OCH3 is 1. The number of amides is 1. The second-order valence-electron chi connectivity index (χ2n) is 5.49. The van der Waals surface area contributed by atoms with Crippen molar-refractivity contribution in [2.75, 3.05) is 20.3 Å². The largest absolute Gasteiger partial charge is 0.497 e. The van der Waals surface area contributed by atoms with Gasteiger partial charge in [-0.1, -0.05) is 11.6 Å². The van der Waals surface area contributed by atoms with Gasteiger partial charge >= 0.3 is 0 Å². The quantitative estimate of drug-likeness (QED) is 0.728. The Morgan fingerprint density at radius 2 is 1.76 bits per heavy atom. The molecule has 0 aliphatic heterocycles. The number of benzene rings is 2. The number of halogens is 1. The molecule has 2 rings (SSSR count). The summed E-state index contributed by atoms with van der Waals surface area (Å²) in [6, 6.07) is 12.6. The van der Waals surface area contributed by atoms with Crippen LogP contribution in [0.4, 0.5) is 0 Å². The van der Waals surface area contributed by atoms with Crippen LogP contribution in [0.3, 0.4) is 0 Å². The van der Waals surface area contributed by atoms with Gasteiger partial charge in [0.1, 0.15) is 23.9 Å². The minimum absolute atomic E-state index is 0.203. The summed E-state index contributed by atoms with van der Waals surface area (Å²) in [5, 5.41) is 3.45. The van der Waals surface area contributed by atoms with E-state index in [9.17, 15) is 4.79 Å². The van der Waals surface area contributed by atoms with Crippen LogP contribution in [0.1, 0.15) is 12.5 Å². The first-order valence-corrected chi connectivity index (χ1v) is 8.35. The van der Waals surface area contributed by atoms with Crippen molar-refractivity contribution >= 4 is 17.5 Å². The molecular weight excluding hydrogens is 342 g/mol. The van der Waals surface area contributed by atoms with E-state index in [1.165, 1.54) is 0 Å². The zero-order chi connectivity index (χ0) is 18.2.